The summed E-state index contributed by atoms with van der Waals surface area (Å²) in [6.45, 7) is 6.13. The zero-order valence-electron chi connectivity index (χ0n) is 17.9. The van der Waals surface area contributed by atoms with Crippen LogP contribution in [0, 0.1) is 0 Å². The highest BCUT2D eigenvalue weighted by Gasteiger charge is 2.16. The first kappa shape index (κ1) is 22.9. The van der Waals surface area contributed by atoms with Crippen molar-refractivity contribution < 1.29 is 23.9 Å². The Balaban J connectivity index is 2.08. The van der Waals surface area contributed by atoms with Crippen molar-refractivity contribution in [3.63, 3.8) is 0 Å². The monoisotopic (exact) mass is 416 g/mol. The Kier molecular flexibility index (Phi) is 7.57. The molecule has 2 N–H and O–H groups in total. The van der Waals surface area contributed by atoms with Gasteiger partial charge in [0.25, 0.3) is 5.91 Å². The normalized spacial score (nSPS) is 11.0. The summed E-state index contributed by atoms with van der Waals surface area (Å²) in [5, 5.41) is 5.91. The molecular weight excluding hydrogens is 388 g/mol. The van der Waals surface area contributed by atoms with Gasteiger partial charge in [0.15, 0.2) is 0 Å². The van der Waals surface area contributed by atoms with Gasteiger partial charge in [-0.25, -0.2) is 4.79 Å². The van der Waals surface area contributed by atoms with E-state index in [4.69, 9.17) is 4.74 Å². The highest BCUT2D eigenvalue weighted by Crippen LogP contribution is 2.23. The second-order valence-electron chi connectivity index (χ2n) is 7.67. The van der Waals surface area contributed by atoms with Gasteiger partial charge in [-0.1, -0.05) is 0 Å². The quantitative estimate of drug-likeness (QED) is 0.665. The molecule has 162 valence electrons. The number of amides is 2. The summed E-state index contributed by atoms with van der Waals surface area (Å²) in [6.07, 6.45) is 1.08. The summed E-state index contributed by atoms with van der Waals surface area (Å²) < 4.78 is 9.76. The van der Waals surface area contributed by atoms with Crippen LogP contribution in [0.2, 0.25) is 0 Å². The fourth-order valence-electron chi connectivity index (χ4n) is 2.66. The third-order valence-corrected chi connectivity index (χ3v) is 4.15. The molecule has 0 spiro atoms. The third-order valence-electron chi connectivity index (χ3n) is 4.15. The average Bonchev–Trinajstić information content (AvgIpc) is 2.69. The molecule has 2 aromatic rings. The molecule has 30 heavy (non-hydrogen) atoms. The van der Waals surface area contributed by atoms with Gasteiger partial charge in [0, 0.05) is 37.4 Å². The van der Waals surface area contributed by atoms with Crippen LogP contribution in [0.5, 0.6) is 0 Å². The van der Waals surface area contributed by atoms with Crippen LogP contribution in [0.4, 0.5) is 10.5 Å². The van der Waals surface area contributed by atoms with E-state index in [1.165, 1.54) is 7.11 Å². The van der Waals surface area contributed by atoms with Crippen molar-refractivity contribution in [1.82, 2.24) is 15.6 Å². The second-order valence-corrected chi connectivity index (χ2v) is 7.67. The summed E-state index contributed by atoms with van der Waals surface area (Å²) in [7, 11) is 3.14. The number of anilines is 1. The van der Waals surface area contributed by atoms with Gasteiger partial charge < -0.3 is 25.0 Å². The number of fused-ring (bicyclic) bond motifs is 1. The lowest BCUT2D eigenvalue weighted by atomic mass is 10.1. The number of likely N-dealkylation sites (N-methyl/N-ethyl adjacent to an activating group) is 1. The Morgan fingerprint density at radius 3 is 2.53 bits per heavy atom. The van der Waals surface area contributed by atoms with Crippen molar-refractivity contribution in [3.8, 4) is 0 Å². The Bertz CT molecular complexity index is 923. The van der Waals surface area contributed by atoms with E-state index in [9.17, 15) is 14.4 Å². The molecule has 1 heterocycles. The number of nitrogens with one attached hydrogen (secondary N) is 2. The molecule has 1 aromatic heterocycles. The molecule has 0 saturated heterocycles. The number of benzene rings is 1. The molecule has 0 radical (unpaired) electrons. The maximum Gasteiger partial charge on any atom is 0.407 e. The summed E-state index contributed by atoms with van der Waals surface area (Å²) in [5.41, 5.74) is 1.37. The van der Waals surface area contributed by atoms with Crippen molar-refractivity contribution in [2.75, 3.05) is 38.7 Å². The first-order valence-corrected chi connectivity index (χ1v) is 9.52. The molecule has 1 aromatic carbocycles. The van der Waals surface area contributed by atoms with E-state index in [0.29, 0.717) is 29.6 Å². The number of rotatable bonds is 7. The van der Waals surface area contributed by atoms with Crippen molar-refractivity contribution in [2.45, 2.75) is 26.4 Å². The average molecular weight is 416 g/mol. The van der Waals surface area contributed by atoms with Gasteiger partial charge in [0.1, 0.15) is 12.1 Å². The van der Waals surface area contributed by atoms with Crippen LogP contribution in [-0.4, -0.2) is 62.3 Å². The molecule has 0 saturated carbocycles. The predicted molar refractivity (Wildman–Crippen MR) is 114 cm³/mol. The van der Waals surface area contributed by atoms with Crippen LogP contribution in [-0.2, 0) is 14.3 Å². The summed E-state index contributed by atoms with van der Waals surface area (Å²) in [4.78, 5) is 41.8. The van der Waals surface area contributed by atoms with Gasteiger partial charge in [0.2, 0.25) is 0 Å². The Morgan fingerprint density at radius 1 is 1.13 bits per heavy atom. The topological polar surface area (TPSA) is 110 Å². The Labute approximate surface area is 175 Å². The highest BCUT2D eigenvalue weighted by molar-refractivity contribution is 6.07. The minimum atomic E-state index is -0.549. The maximum atomic E-state index is 12.5. The molecule has 9 heteroatoms. The van der Waals surface area contributed by atoms with Gasteiger partial charge in [-0.2, -0.15) is 0 Å². The maximum absolute atomic E-state index is 12.5. The lowest BCUT2D eigenvalue weighted by molar-refractivity contribution is -0.139. The summed E-state index contributed by atoms with van der Waals surface area (Å²) >= 11 is 0. The Hall–Kier alpha value is -3.36. The predicted octanol–water partition coefficient (Wildman–Crippen LogP) is 2.10. The first-order valence-electron chi connectivity index (χ1n) is 9.52. The SMILES string of the molecule is COC(=O)CNC(=O)c1ccnc2ccc(N(C)CCNC(=O)OC(C)(C)C)cc12. The number of methoxy groups -OCH3 is 1. The number of ether oxygens (including phenoxy) is 2. The lowest BCUT2D eigenvalue weighted by Crippen LogP contribution is -2.37. The largest absolute Gasteiger partial charge is 0.468 e. The summed E-state index contributed by atoms with van der Waals surface area (Å²) in [5.74, 6) is -0.918. The van der Waals surface area contributed by atoms with E-state index >= 15 is 0 Å². The molecule has 0 unspecified atom stereocenters. The lowest BCUT2D eigenvalue weighted by Gasteiger charge is -2.22. The molecular formula is C21H28N4O5. The van der Waals surface area contributed by atoms with E-state index in [0.717, 1.165) is 5.69 Å². The number of pyridine rings is 1. The van der Waals surface area contributed by atoms with E-state index < -0.39 is 17.7 Å². The smallest absolute Gasteiger partial charge is 0.407 e. The molecule has 2 amide bonds. The molecule has 2 rings (SSSR count). The number of nitrogens with zero attached hydrogens (tertiary/aromatic N) is 2. The summed E-state index contributed by atoms with van der Waals surface area (Å²) in [6, 6.07) is 7.16. The number of aromatic nitrogens is 1. The number of esters is 1. The van der Waals surface area contributed by atoms with Crippen LogP contribution in [0.15, 0.2) is 30.5 Å². The van der Waals surface area contributed by atoms with Gasteiger partial charge in [-0.15, -0.1) is 0 Å². The number of alkyl carbamates (subject to hydrolysis) is 1. The van der Waals surface area contributed by atoms with Crippen LogP contribution in [0.25, 0.3) is 10.9 Å². The van der Waals surface area contributed by atoms with Crippen LogP contribution in [0.1, 0.15) is 31.1 Å². The molecule has 0 fully saturated rings. The molecule has 0 aliphatic rings. The van der Waals surface area contributed by atoms with Gasteiger partial charge in [-0.05, 0) is 45.0 Å². The van der Waals surface area contributed by atoms with Crippen LogP contribution in [0.3, 0.4) is 0 Å². The molecule has 0 aliphatic carbocycles. The van der Waals surface area contributed by atoms with Crippen molar-refractivity contribution in [2.24, 2.45) is 0 Å². The molecule has 0 bridgehead atoms. The van der Waals surface area contributed by atoms with Gasteiger partial charge in [-0.3, -0.25) is 14.6 Å². The minimum Gasteiger partial charge on any atom is -0.468 e. The standard InChI is InChI=1S/C21H28N4O5/c1-21(2,3)30-20(28)23-10-11-25(4)14-6-7-17-16(12-14)15(8-9-22-17)19(27)24-13-18(26)29-5/h6-9,12H,10-11,13H2,1-5H3,(H,23,28)(H,24,27). The molecule has 0 atom stereocenters. The highest BCUT2D eigenvalue weighted by atomic mass is 16.6. The zero-order valence-corrected chi connectivity index (χ0v) is 17.9. The van der Waals surface area contributed by atoms with Crippen molar-refractivity contribution in [3.05, 3.63) is 36.0 Å². The van der Waals surface area contributed by atoms with Gasteiger partial charge in [0.05, 0.1) is 18.2 Å². The van der Waals surface area contributed by atoms with Gasteiger partial charge >= 0.3 is 12.1 Å². The number of hydrogen-bond donors (Lipinski definition) is 2. The minimum absolute atomic E-state index is 0.213. The third kappa shape index (κ3) is 6.61. The number of carbonyl (C=O) groups is 3. The Morgan fingerprint density at radius 2 is 1.87 bits per heavy atom. The van der Waals surface area contributed by atoms with E-state index in [2.05, 4.69) is 20.4 Å². The molecule has 9 nitrogen and oxygen atoms in total. The van der Waals surface area contributed by atoms with Crippen molar-refractivity contribution in [1.29, 1.82) is 0 Å². The fraction of sp³-hybridized carbons (Fsp3) is 0.429. The second kappa shape index (κ2) is 9.91. The number of carbonyl (C=O) groups excluding carboxylic acids is 3. The van der Waals surface area contributed by atoms with E-state index in [-0.39, 0.29) is 12.5 Å². The van der Waals surface area contributed by atoms with Crippen LogP contribution >= 0.6 is 0 Å². The van der Waals surface area contributed by atoms with E-state index in [1.807, 2.05) is 30.1 Å². The number of hydrogen-bond acceptors (Lipinski definition) is 7. The van der Waals surface area contributed by atoms with E-state index in [1.54, 1.807) is 33.0 Å². The van der Waals surface area contributed by atoms with Crippen LogP contribution < -0.4 is 15.5 Å². The first-order chi connectivity index (χ1) is 14.1. The zero-order chi connectivity index (χ0) is 22.3. The van der Waals surface area contributed by atoms with Crippen molar-refractivity contribution >= 4 is 34.6 Å². The fourth-order valence-corrected chi connectivity index (χ4v) is 2.66. The molecule has 0 aliphatic heterocycles.